The minimum atomic E-state index is -0.941. The van der Waals surface area contributed by atoms with E-state index < -0.39 is 5.97 Å². The molecule has 0 bridgehead atoms. The van der Waals surface area contributed by atoms with E-state index in [0.717, 1.165) is 25.0 Å². The van der Waals surface area contributed by atoms with Gasteiger partial charge >= 0.3 is 5.97 Å². The first-order valence-electron chi connectivity index (χ1n) is 7.19. The number of rotatable bonds is 7. The molecule has 1 atom stereocenters. The van der Waals surface area contributed by atoms with Gasteiger partial charge in [0.25, 0.3) is 0 Å². The normalized spacial score (nSPS) is 21.4. The standard InChI is InChI=1S/C15H22N2O4/c1-3-4-12-7-11(14(18)19)8-13(17-12)16-9-15(20-2)5-6-21-10-15/h7-8H,3-6,9-10H2,1-2H3,(H,16,17)(H,18,19). The largest absolute Gasteiger partial charge is 0.478 e. The van der Waals surface area contributed by atoms with Crippen molar-refractivity contribution in [3.8, 4) is 0 Å². The van der Waals surface area contributed by atoms with Gasteiger partial charge in [0, 0.05) is 32.4 Å². The number of ether oxygens (including phenoxy) is 2. The second-order valence-corrected chi connectivity index (χ2v) is 5.33. The van der Waals surface area contributed by atoms with E-state index in [-0.39, 0.29) is 11.2 Å². The molecule has 1 aliphatic rings. The summed E-state index contributed by atoms with van der Waals surface area (Å²) in [6.07, 6.45) is 2.50. The molecule has 1 saturated heterocycles. The second kappa shape index (κ2) is 6.87. The van der Waals surface area contributed by atoms with Crippen LogP contribution in [0.5, 0.6) is 0 Å². The fourth-order valence-corrected chi connectivity index (χ4v) is 2.40. The molecule has 1 unspecified atom stereocenters. The highest BCUT2D eigenvalue weighted by molar-refractivity contribution is 5.88. The van der Waals surface area contributed by atoms with Crippen LogP contribution in [0.4, 0.5) is 5.82 Å². The fraction of sp³-hybridized carbons (Fsp3) is 0.600. The molecule has 0 spiro atoms. The lowest BCUT2D eigenvalue weighted by atomic mass is 10.0. The Kier molecular flexibility index (Phi) is 5.14. The Morgan fingerprint density at radius 2 is 2.38 bits per heavy atom. The van der Waals surface area contributed by atoms with Crippen LogP contribution < -0.4 is 5.32 Å². The zero-order chi connectivity index (χ0) is 15.3. The highest BCUT2D eigenvalue weighted by Crippen LogP contribution is 2.23. The summed E-state index contributed by atoms with van der Waals surface area (Å²) in [6, 6.07) is 3.18. The van der Waals surface area contributed by atoms with Crippen LogP contribution >= 0.6 is 0 Å². The van der Waals surface area contributed by atoms with Crippen LogP contribution in [-0.4, -0.2) is 48.5 Å². The van der Waals surface area contributed by atoms with Crippen LogP contribution in [0.25, 0.3) is 0 Å². The van der Waals surface area contributed by atoms with E-state index in [2.05, 4.69) is 10.3 Å². The van der Waals surface area contributed by atoms with Gasteiger partial charge in [-0.25, -0.2) is 9.78 Å². The number of carboxylic acids is 1. The predicted octanol–water partition coefficient (Wildman–Crippen LogP) is 1.95. The average Bonchev–Trinajstić information content (AvgIpc) is 2.95. The van der Waals surface area contributed by atoms with E-state index in [1.165, 1.54) is 0 Å². The number of hydrogen-bond donors (Lipinski definition) is 2. The van der Waals surface area contributed by atoms with E-state index in [1.54, 1.807) is 19.2 Å². The Morgan fingerprint density at radius 3 is 2.95 bits per heavy atom. The highest BCUT2D eigenvalue weighted by Gasteiger charge is 2.34. The minimum Gasteiger partial charge on any atom is -0.478 e. The monoisotopic (exact) mass is 294 g/mol. The topological polar surface area (TPSA) is 80.7 Å². The van der Waals surface area contributed by atoms with Crippen molar-refractivity contribution < 1.29 is 19.4 Å². The van der Waals surface area contributed by atoms with Crippen molar-refractivity contribution in [1.82, 2.24) is 4.98 Å². The van der Waals surface area contributed by atoms with Crippen LogP contribution in [0.2, 0.25) is 0 Å². The zero-order valence-corrected chi connectivity index (χ0v) is 12.5. The average molecular weight is 294 g/mol. The number of aryl methyl sites for hydroxylation is 1. The molecule has 1 aromatic rings. The third kappa shape index (κ3) is 3.92. The first-order chi connectivity index (χ1) is 10.1. The Hall–Kier alpha value is -1.66. The number of aromatic nitrogens is 1. The van der Waals surface area contributed by atoms with Crippen molar-refractivity contribution in [3.63, 3.8) is 0 Å². The van der Waals surface area contributed by atoms with Gasteiger partial charge in [0.1, 0.15) is 11.4 Å². The van der Waals surface area contributed by atoms with Gasteiger partial charge in [-0.2, -0.15) is 0 Å². The number of nitrogens with one attached hydrogen (secondary N) is 1. The van der Waals surface area contributed by atoms with Gasteiger partial charge in [-0.05, 0) is 18.6 Å². The van der Waals surface area contributed by atoms with Crippen molar-refractivity contribution in [3.05, 3.63) is 23.4 Å². The van der Waals surface area contributed by atoms with E-state index in [4.69, 9.17) is 9.47 Å². The summed E-state index contributed by atoms with van der Waals surface area (Å²) in [7, 11) is 1.67. The van der Waals surface area contributed by atoms with Gasteiger partial charge in [-0.1, -0.05) is 13.3 Å². The Morgan fingerprint density at radius 1 is 1.57 bits per heavy atom. The Bertz CT molecular complexity index is 498. The lowest BCUT2D eigenvalue weighted by Crippen LogP contribution is -2.39. The van der Waals surface area contributed by atoms with E-state index in [0.29, 0.717) is 25.6 Å². The van der Waals surface area contributed by atoms with Gasteiger partial charge < -0.3 is 19.9 Å². The van der Waals surface area contributed by atoms with Gasteiger partial charge in [0.05, 0.1) is 12.2 Å². The molecule has 1 aromatic heterocycles. The van der Waals surface area contributed by atoms with E-state index in [1.807, 2.05) is 6.92 Å². The predicted molar refractivity (Wildman–Crippen MR) is 78.9 cm³/mol. The number of carbonyl (C=O) groups is 1. The number of hydrogen-bond acceptors (Lipinski definition) is 5. The number of aromatic carboxylic acids is 1. The summed E-state index contributed by atoms with van der Waals surface area (Å²) in [4.78, 5) is 15.7. The molecule has 21 heavy (non-hydrogen) atoms. The number of nitrogens with zero attached hydrogens (tertiary/aromatic N) is 1. The van der Waals surface area contributed by atoms with E-state index in [9.17, 15) is 9.90 Å². The molecule has 6 nitrogen and oxygen atoms in total. The molecule has 2 rings (SSSR count). The maximum absolute atomic E-state index is 11.2. The third-order valence-electron chi connectivity index (χ3n) is 3.72. The maximum Gasteiger partial charge on any atom is 0.335 e. The van der Waals surface area contributed by atoms with Crippen molar-refractivity contribution in [2.75, 3.05) is 32.2 Å². The van der Waals surface area contributed by atoms with Gasteiger partial charge in [0.15, 0.2) is 0 Å². The molecule has 0 amide bonds. The SMILES string of the molecule is CCCc1cc(C(=O)O)cc(NCC2(OC)CCOC2)n1. The molecule has 0 radical (unpaired) electrons. The fourth-order valence-electron chi connectivity index (χ4n) is 2.40. The summed E-state index contributed by atoms with van der Waals surface area (Å²) < 4.78 is 10.9. The Labute approximate surface area is 124 Å². The molecule has 0 aromatic carbocycles. The molecule has 1 aliphatic heterocycles. The van der Waals surface area contributed by atoms with Gasteiger partial charge in [0.2, 0.25) is 0 Å². The summed E-state index contributed by atoms with van der Waals surface area (Å²) in [6.45, 7) is 3.80. The molecule has 116 valence electrons. The smallest absolute Gasteiger partial charge is 0.335 e. The van der Waals surface area contributed by atoms with Crippen molar-refractivity contribution >= 4 is 11.8 Å². The zero-order valence-electron chi connectivity index (χ0n) is 12.5. The Balaban J connectivity index is 2.12. The number of anilines is 1. The number of carboxylic acid groups (broad SMARTS) is 1. The van der Waals surface area contributed by atoms with Crippen molar-refractivity contribution in [2.45, 2.75) is 31.8 Å². The third-order valence-corrected chi connectivity index (χ3v) is 3.72. The number of pyridine rings is 1. The van der Waals surface area contributed by atoms with Gasteiger partial charge in [-0.15, -0.1) is 0 Å². The summed E-state index contributed by atoms with van der Waals surface area (Å²) in [5, 5.41) is 12.4. The van der Waals surface area contributed by atoms with E-state index >= 15 is 0 Å². The van der Waals surface area contributed by atoms with Crippen molar-refractivity contribution in [2.24, 2.45) is 0 Å². The molecule has 2 N–H and O–H groups in total. The number of methoxy groups -OCH3 is 1. The molecule has 0 saturated carbocycles. The maximum atomic E-state index is 11.2. The lowest BCUT2D eigenvalue weighted by Gasteiger charge is -2.26. The van der Waals surface area contributed by atoms with Crippen LogP contribution in [0.3, 0.4) is 0 Å². The van der Waals surface area contributed by atoms with Crippen LogP contribution in [0, 0.1) is 0 Å². The first-order valence-corrected chi connectivity index (χ1v) is 7.19. The second-order valence-electron chi connectivity index (χ2n) is 5.33. The lowest BCUT2D eigenvalue weighted by molar-refractivity contribution is -0.00625. The minimum absolute atomic E-state index is 0.255. The molecule has 2 heterocycles. The first kappa shape index (κ1) is 15.7. The van der Waals surface area contributed by atoms with Crippen molar-refractivity contribution in [1.29, 1.82) is 0 Å². The van der Waals surface area contributed by atoms with Crippen LogP contribution in [0.1, 0.15) is 35.8 Å². The van der Waals surface area contributed by atoms with Crippen LogP contribution in [-0.2, 0) is 15.9 Å². The molecule has 1 fully saturated rings. The molecule has 0 aliphatic carbocycles. The molecule has 6 heteroatoms. The molecular weight excluding hydrogens is 272 g/mol. The highest BCUT2D eigenvalue weighted by atomic mass is 16.5. The van der Waals surface area contributed by atoms with Gasteiger partial charge in [-0.3, -0.25) is 0 Å². The molecular formula is C15H22N2O4. The summed E-state index contributed by atoms with van der Waals surface area (Å²) >= 11 is 0. The van der Waals surface area contributed by atoms with Crippen LogP contribution in [0.15, 0.2) is 12.1 Å². The summed E-state index contributed by atoms with van der Waals surface area (Å²) in [5.74, 6) is -0.370. The quantitative estimate of drug-likeness (QED) is 0.800. The summed E-state index contributed by atoms with van der Waals surface area (Å²) in [5.41, 5.74) is 0.686.